The van der Waals surface area contributed by atoms with Gasteiger partial charge in [0.2, 0.25) is 0 Å². The fourth-order valence-corrected chi connectivity index (χ4v) is 1.40. The van der Waals surface area contributed by atoms with Crippen LogP contribution in [0.2, 0.25) is 0 Å². The predicted octanol–water partition coefficient (Wildman–Crippen LogP) is 1.36. The van der Waals surface area contributed by atoms with Gasteiger partial charge in [-0.15, -0.1) is 0 Å². The minimum atomic E-state index is -1.08. The standard InChI is InChI=1S/C9H9NO3/c11-7-4-10-3-6(5-1-2-5)8(7)9(12)13/h3-5,11H,1-2H2,(H,12,13). The van der Waals surface area contributed by atoms with Crippen LogP contribution >= 0.6 is 0 Å². The van der Waals surface area contributed by atoms with Crippen molar-refractivity contribution < 1.29 is 15.0 Å². The molecule has 2 N–H and O–H groups in total. The van der Waals surface area contributed by atoms with Gasteiger partial charge in [-0.1, -0.05) is 0 Å². The average Bonchev–Trinajstić information content (AvgIpc) is 2.85. The van der Waals surface area contributed by atoms with E-state index in [9.17, 15) is 9.90 Å². The monoisotopic (exact) mass is 179 g/mol. The van der Waals surface area contributed by atoms with Crippen molar-refractivity contribution >= 4 is 5.97 Å². The predicted molar refractivity (Wildman–Crippen MR) is 44.8 cm³/mol. The Bertz CT molecular complexity index is 358. The van der Waals surface area contributed by atoms with Gasteiger partial charge in [0.15, 0.2) is 0 Å². The highest BCUT2D eigenvalue weighted by molar-refractivity contribution is 5.92. The van der Waals surface area contributed by atoms with Crippen molar-refractivity contribution in [3.05, 3.63) is 23.5 Å². The van der Waals surface area contributed by atoms with Crippen molar-refractivity contribution in [2.24, 2.45) is 0 Å². The first-order valence-corrected chi connectivity index (χ1v) is 4.10. The van der Waals surface area contributed by atoms with E-state index in [1.807, 2.05) is 0 Å². The van der Waals surface area contributed by atoms with Gasteiger partial charge in [0.1, 0.15) is 11.3 Å². The Morgan fingerprint density at radius 1 is 1.46 bits per heavy atom. The number of hydrogen-bond acceptors (Lipinski definition) is 3. The second kappa shape index (κ2) is 2.73. The van der Waals surface area contributed by atoms with Gasteiger partial charge in [0.25, 0.3) is 0 Å². The summed E-state index contributed by atoms with van der Waals surface area (Å²) in [5.74, 6) is -1.04. The first kappa shape index (κ1) is 8.04. The molecule has 0 saturated heterocycles. The van der Waals surface area contributed by atoms with Gasteiger partial charge < -0.3 is 10.2 Å². The lowest BCUT2D eigenvalue weighted by Gasteiger charge is -2.04. The van der Waals surface area contributed by atoms with E-state index in [0.29, 0.717) is 5.56 Å². The number of aromatic hydroxyl groups is 1. The van der Waals surface area contributed by atoms with E-state index in [-0.39, 0.29) is 17.2 Å². The lowest BCUT2D eigenvalue weighted by molar-refractivity contribution is 0.0692. The molecule has 4 heteroatoms. The molecule has 2 rings (SSSR count). The molecule has 1 aliphatic rings. The van der Waals surface area contributed by atoms with Gasteiger partial charge in [-0.05, 0) is 24.3 Å². The van der Waals surface area contributed by atoms with Gasteiger partial charge in [-0.2, -0.15) is 0 Å². The minimum absolute atomic E-state index is 0.0116. The summed E-state index contributed by atoms with van der Waals surface area (Å²) in [5, 5.41) is 18.1. The summed E-state index contributed by atoms with van der Waals surface area (Å²) < 4.78 is 0. The zero-order valence-corrected chi connectivity index (χ0v) is 6.90. The molecule has 0 atom stereocenters. The van der Waals surface area contributed by atoms with Crippen LogP contribution in [0.3, 0.4) is 0 Å². The number of hydrogen-bond donors (Lipinski definition) is 2. The number of rotatable bonds is 2. The van der Waals surface area contributed by atoms with E-state index in [0.717, 1.165) is 19.0 Å². The Morgan fingerprint density at radius 3 is 2.69 bits per heavy atom. The molecule has 0 amide bonds. The van der Waals surface area contributed by atoms with Crippen molar-refractivity contribution in [2.75, 3.05) is 0 Å². The van der Waals surface area contributed by atoms with Gasteiger partial charge in [-0.25, -0.2) is 4.79 Å². The van der Waals surface area contributed by atoms with Crippen molar-refractivity contribution in [3.8, 4) is 5.75 Å². The molecule has 1 fully saturated rings. The third-order valence-electron chi connectivity index (χ3n) is 2.19. The van der Waals surface area contributed by atoms with E-state index >= 15 is 0 Å². The van der Waals surface area contributed by atoms with Gasteiger partial charge in [-0.3, -0.25) is 4.98 Å². The molecule has 1 aliphatic carbocycles. The third-order valence-corrected chi connectivity index (χ3v) is 2.19. The fraction of sp³-hybridized carbons (Fsp3) is 0.333. The Kier molecular flexibility index (Phi) is 1.69. The summed E-state index contributed by atoms with van der Waals surface area (Å²) in [6.07, 6.45) is 4.67. The first-order valence-electron chi connectivity index (χ1n) is 4.10. The van der Waals surface area contributed by atoms with E-state index in [1.54, 1.807) is 0 Å². The number of carboxylic acids is 1. The molecule has 13 heavy (non-hydrogen) atoms. The van der Waals surface area contributed by atoms with E-state index in [1.165, 1.54) is 6.20 Å². The molecule has 0 aliphatic heterocycles. The number of aromatic nitrogens is 1. The number of aromatic carboxylic acids is 1. The molecule has 0 bridgehead atoms. The Balaban J connectivity index is 2.53. The maximum Gasteiger partial charge on any atom is 0.339 e. The van der Waals surface area contributed by atoms with Crippen molar-refractivity contribution in [2.45, 2.75) is 18.8 Å². The highest BCUT2D eigenvalue weighted by Gasteiger charge is 2.29. The van der Waals surface area contributed by atoms with Gasteiger partial charge in [0.05, 0.1) is 6.20 Å². The maximum absolute atomic E-state index is 10.8. The summed E-state index contributed by atoms with van der Waals surface area (Å²) in [6.45, 7) is 0. The Hall–Kier alpha value is -1.58. The fourth-order valence-electron chi connectivity index (χ4n) is 1.40. The molecule has 68 valence electrons. The maximum atomic E-state index is 10.8. The SMILES string of the molecule is O=C(O)c1c(O)cncc1C1CC1. The highest BCUT2D eigenvalue weighted by atomic mass is 16.4. The van der Waals surface area contributed by atoms with Crippen LogP contribution in [0, 0.1) is 0 Å². The molecule has 1 heterocycles. The topological polar surface area (TPSA) is 70.4 Å². The molecular formula is C9H9NO3. The van der Waals surface area contributed by atoms with E-state index in [2.05, 4.69) is 4.98 Å². The van der Waals surface area contributed by atoms with Crippen LogP contribution in [0.5, 0.6) is 5.75 Å². The quantitative estimate of drug-likeness (QED) is 0.719. The molecule has 4 nitrogen and oxygen atoms in total. The summed E-state index contributed by atoms with van der Waals surface area (Å²) in [4.78, 5) is 14.6. The van der Waals surface area contributed by atoms with Crippen LogP contribution in [-0.4, -0.2) is 21.2 Å². The molecule has 0 aromatic carbocycles. The van der Waals surface area contributed by atoms with Crippen molar-refractivity contribution in [3.63, 3.8) is 0 Å². The summed E-state index contributed by atoms with van der Waals surface area (Å²) in [5.41, 5.74) is 0.671. The molecule has 0 spiro atoms. The Labute approximate surface area is 74.9 Å². The zero-order valence-electron chi connectivity index (χ0n) is 6.90. The van der Waals surface area contributed by atoms with Crippen LogP contribution in [0.1, 0.15) is 34.7 Å². The number of nitrogens with zero attached hydrogens (tertiary/aromatic N) is 1. The lowest BCUT2D eigenvalue weighted by Crippen LogP contribution is -2.02. The average molecular weight is 179 g/mol. The summed E-state index contributed by atoms with van der Waals surface area (Å²) >= 11 is 0. The van der Waals surface area contributed by atoms with Crippen LogP contribution in [0.4, 0.5) is 0 Å². The van der Waals surface area contributed by atoms with Crippen LogP contribution in [0.25, 0.3) is 0 Å². The second-order valence-electron chi connectivity index (χ2n) is 3.20. The first-order chi connectivity index (χ1) is 6.20. The van der Waals surface area contributed by atoms with Crippen molar-refractivity contribution in [1.82, 2.24) is 4.98 Å². The van der Waals surface area contributed by atoms with Crippen LogP contribution in [0.15, 0.2) is 12.4 Å². The number of carboxylic acid groups (broad SMARTS) is 1. The third kappa shape index (κ3) is 1.35. The second-order valence-corrected chi connectivity index (χ2v) is 3.20. The molecular weight excluding hydrogens is 170 g/mol. The summed E-state index contributed by atoms with van der Waals surface area (Å²) in [7, 11) is 0. The number of carbonyl (C=O) groups is 1. The number of pyridine rings is 1. The van der Waals surface area contributed by atoms with Crippen molar-refractivity contribution in [1.29, 1.82) is 0 Å². The zero-order chi connectivity index (χ0) is 9.42. The van der Waals surface area contributed by atoms with Gasteiger partial charge >= 0.3 is 5.97 Å². The molecule has 0 radical (unpaired) electrons. The normalized spacial score (nSPS) is 15.7. The summed E-state index contributed by atoms with van der Waals surface area (Å²) in [6, 6.07) is 0. The van der Waals surface area contributed by atoms with E-state index < -0.39 is 5.97 Å². The lowest BCUT2D eigenvalue weighted by atomic mass is 10.1. The molecule has 1 aromatic heterocycles. The van der Waals surface area contributed by atoms with Gasteiger partial charge in [0, 0.05) is 6.20 Å². The smallest absolute Gasteiger partial charge is 0.339 e. The Morgan fingerprint density at radius 2 is 2.15 bits per heavy atom. The molecule has 1 saturated carbocycles. The van der Waals surface area contributed by atoms with Crippen LogP contribution in [-0.2, 0) is 0 Å². The van der Waals surface area contributed by atoms with E-state index in [4.69, 9.17) is 5.11 Å². The molecule has 1 aromatic rings. The van der Waals surface area contributed by atoms with Crippen LogP contribution < -0.4 is 0 Å². The minimum Gasteiger partial charge on any atom is -0.505 e. The molecule has 0 unspecified atom stereocenters. The highest BCUT2D eigenvalue weighted by Crippen LogP contribution is 2.42. The largest absolute Gasteiger partial charge is 0.505 e.